The van der Waals surface area contributed by atoms with Crippen LogP contribution in [0.5, 0.6) is 0 Å². The molecule has 3 N–H and O–H groups in total. The van der Waals surface area contributed by atoms with Crippen molar-refractivity contribution in [3.8, 4) is 0 Å². The van der Waals surface area contributed by atoms with Gasteiger partial charge in [0.05, 0.1) is 6.54 Å². The van der Waals surface area contributed by atoms with Crippen molar-refractivity contribution in [3.05, 3.63) is 12.2 Å². The first kappa shape index (κ1) is 19.1. The molecule has 1 aliphatic rings. The second-order valence-electron chi connectivity index (χ2n) is 4.78. The third kappa shape index (κ3) is 4.33. The first-order valence-corrected chi connectivity index (χ1v) is 6.60. The Morgan fingerprint density at radius 3 is 2.90 bits per heavy atom. The van der Waals surface area contributed by atoms with E-state index in [0.717, 1.165) is 31.6 Å². The van der Waals surface area contributed by atoms with Crippen molar-refractivity contribution in [2.75, 3.05) is 6.54 Å². The summed E-state index contributed by atoms with van der Waals surface area (Å²) in [5.74, 6) is 1.32. The van der Waals surface area contributed by atoms with Gasteiger partial charge in [0.15, 0.2) is 5.82 Å². The van der Waals surface area contributed by atoms with Crippen LogP contribution >= 0.6 is 24.8 Å². The smallest absolute Gasteiger partial charge is 0.223 e. The fourth-order valence-electron chi connectivity index (χ4n) is 2.64. The van der Waals surface area contributed by atoms with Crippen LogP contribution in [0.3, 0.4) is 0 Å². The van der Waals surface area contributed by atoms with Gasteiger partial charge < -0.3 is 15.6 Å². The summed E-state index contributed by atoms with van der Waals surface area (Å²) >= 11 is 0. The summed E-state index contributed by atoms with van der Waals surface area (Å²) in [6, 6.07) is 0. The first-order chi connectivity index (χ1) is 8.76. The van der Waals surface area contributed by atoms with Crippen LogP contribution in [-0.4, -0.2) is 27.2 Å². The number of aryl methyl sites for hydroxylation is 1. The number of nitrogens with one attached hydrogen (secondary N) is 1. The van der Waals surface area contributed by atoms with Gasteiger partial charge in [0.1, 0.15) is 6.33 Å². The predicted molar refractivity (Wildman–Crippen MR) is 81.9 cm³/mol. The zero-order valence-electron chi connectivity index (χ0n) is 11.6. The van der Waals surface area contributed by atoms with Crippen LogP contribution in [0, 0.1) is 11.8 Å². The molecular formula is C12H23Cl2N5O. The Labute approximate surface area is 131 Å². The lowest BCUT2D eigenvalue weighted by molar-refractivity contribution is -0.126. The molecule has 1 aromatic rings. The molecule has 0 bridgehead atoms. The summed E-state index contributed by atoms with van der Waals surface area (Å²) < 4.78 is 1.93. The molecule has 116 valence electrons. The number of carbonyl (C=O) groups is 1. The van der Waals surface area contributed by atoms with Crippen molar-refractivity contribution in [2.24, 2.45) is 17.6 Å². The monoisotopic (exact) mass is 323 g/mol. The molecule has 2 rings (SSSR count). The van der Waals surface area contributed by atoms with E-state index in [1.807, 2.05) is 11.5 Å². The molecule has 1 amide bonds. The van der Waals surface area contributed by atoms with Crippen LogP contribution in [0.15, 0.2) is 6.33 Å². The third-order valence-corrected chi connectivity index (χ3v) is 3.76. The van der Waals surface area contributed by atoms with Gasteiger partial charge in [-0.15, -0.1) is 35.0 Å². The Bertz CT molecular complexity index is 412. The van der Waals surface area contributed by atoms with Gasteiger partial charge in [-0.1, -0.05) is 6.42 Å². The zero-order valence-corrected chi connectivity index (χ0v) is 13.3. The lowest BCUT2D eigenvalue weighted by Crippen LogP contribution is -2.35. The molecule has 1 saturated carbocycles. The molecule has 2 atom stereocenters. The van der Waals surface area contributed by atoms with Crippen LogP contribution < -0.4 is 11.1 Å². The van der Waals surface area contributed by atoms with E-state index in [2.05, 4.69) is 15.5 Å². The highest BCUT2D eigenvalue weighted by Gasteiger charge is 2.31. The quantitative estimate of drug-likeness (QED) is 0.850. The van der Waals surface area contributed by atoms with Gasteiger partial charge in [0.2, 0.25) is 5.91 Å². The molecule has 0 aliphatic heterocycles. The number of aromatic nitrogens is 3. The standard InChI is InChI=1S/C12H21N5O.2ClH/c1-2-17-8-15-16-11(17)7-14-12(18)10-5-3-4-9(10)6-13;;/h8-10H,2-7,13H2,1H3,(H,14,18);2*1H/t9-,10-;;/m1../s1. The van der Waals surface area contributed by atoms with Crippen molar-refractivity contribution in [1.82, 2.24) is 20.1 Å². The van der Waals surface area contributed by atoms with Crippen molar-refractivity contribution >= 4 is 30.7 Å². The molecule has 8 heteroatoms. The van der Waals surface area contributed by atoms with Crippen molar-refractivity contribution < 1.29 is 4.79 Å². The van der Waals surface area contributed by atoms with E-state index < -0.39 is 0 Å². The summed E-state index contributed by atoms with van der Waals surface area (Å²) in [7, 11) is 0. The number of hydrogen-bond donors (Lipinski definition) is 2. The molecule has 1 heterocycles. The molecule has 0 saturated heterocycles. The normalized spacial score (nSPS) is 20.9. The van der Waals surface area contributed by atoms with Gasteiger partial charge in [-0.2, -0.15) is 0 Å². The summed E-state index contributed by atoms with van der Waals surface area (Å²) in [6.45, 7) is 3.88. The zero-order chi connectivity index (χ0) is 13.0. The summed E-state index contributed by atoms with van der Waals surface area (Å²) in [5.41, 5.74) is 5.69. The van der Waals surface area contributed by atoms with E-state index in [-0.39, 0.29) is 36.6 Å². The average molecular weight is 324 g/mol. The Kier molecular flexibility index (Phi) is 8.76. The maximum absolute atomic E-state index is 12.1. The van der Waals surface area contributed by atoms with Crippen LogP contribution in [0.1, 0.15) is 32.0 Å². The fourth-order valence-corrected chi connectivity index (χ4v) is 2.64. The number of rotatable bonds is 5. The van der Waals surface area contributed by atoms with E-state index in [0.29, 0.717) is 19.0 Å². The summed E-state index contributed by atoms with van der Waals surface area (Å²) in [5, 5.41) is 10.8. The molecule has 1 aliphatic carbocycles. The van der Waals surface area contributed by atoms with E-state index >= 15 is 0 Å². The first-order valence-electron chi connectivity index (χ1n) is 6.60. The highest BCUT2D eigenvalue weighted by atomic mass is 35.5. The van der Waals surface area contributed by atoms with Gasteiger partial charge in [0, 0.05) is 12.5 Å². The van der Waals surface area contributed by atoms with E-state index in [1.165, 1.54) is 0 Å². The SMILES string of the molecule is CCn1cnnc1CNC(=O)[C@@H]1CCC[C@@H]1CN.Cl.Cl. The lowest BCUT2D eigenvalue weighted by Gasteiger charge is -2.17. The van der Waals surface area contributed by atoms with Crippen LogP contribution in [0.2, 0.25) is 0 Å². The van der Waals surface area contributed by atoms with Crippen molar-refractivity contribution in [1.29, 1.82) is 0 Å². The van der Waals surface area contributed by atoms with Crippen molar-refractivity contribution in [3.63, 3.8) is 0 Å². The van der Waals surface area contributed by atoms with E-state index in [4.69, 9.17) is 5.73 Å². The van der Waals surface area contributed by atoms with E-state index in [9.17, 15) is 4.79 Å². The Morgan fingerprint density at radius 1 is 1.50 bits per heavy atom. The maximum atomic E-state index is 12.1. The van der Waals surface area contributed by atoms with Crippen LogP contribution in [0.25, 0.3) is 0 Å². The highest BCUT2D eigenvalue weighted by Crippen LogP contribution is 2.30. The van der Waals surface area contributed by atoms with Crippen LogP contribution in [-0.2, 0) is 17.9 Å². The number of nitrogens with two attached hydrogens (primary N) is 1. The third-order valence-electron chi connectivity index (χ3n) is 3.76. The Hall–Kier alpha value is -0.850. The molecule has 20 heavy (non-hydrogen) atoms. The number of carbonyl (C=O) groups excluding carboxylic acids is 1. The maximum Gasteiger partial charge on any atom is 0.223 e. The van der Waals surface area contributed by atoms with Crippen molar-refractivity contribution in [2.45, 2.75) is 39.3 Å². The highest BCUT2D eigenvalue weighted by molar-refractivity contribution is 5.85. The number of hydrogen-bond acceptors (Lipinski definition) is 4. The number of amides is 1. The van der Waals surface area contributed by atoms with Crippen LogP contribution in [0.4, 0.5) is 0 Å². The molecule has 6 nitrogen and oxygen atoms in total. The molecule has 1 aromatic heterocycles. The molecule has 0 radical (unpaired) electrons. The topological polar surface area (TPSA) is 85.8 Å². The second-order valence-corrected chi connectivity index (χ2v) is 4.78. The summed E-state index contributed by atoms with van der Waals surface area (Å²) in [4.78, 5) is 12.1. The molecule has 0 unspecified atom stereocenters. The van der Waals surface area contributed by atoms with Gasteiger partial charge in [-0.3, -0.25) is 4.79 Å². The predicted octanol–water partition coefficient (Wildman–Crippen LogP) is 1.13. The minimum absolute atomic E-state index is 0. The molecule has 0 aromatic carbocycles. The molecule has 1 fully saturated rings. The summed E-state index contributed by atoms with van der Waals surface area (Å²) in [6.07, 6.45) is 4.80. The van der Waals surface area contributed by atoms with Gasteiger partial charge in [-0.05, 0) is 32.2 Å². The second kappa shape index (κ2) is 9.15. The fraction of sp³-hybridized carbons (Fsp3) is 0.750. The van der Waals surface area contributed by atoms with Gasteiger partial charge in [0.25, 0.3) is 0 Å². The molecular weight excluding hydrogens is 301 g/mol. The minimum atomic E-state index is 0. The largest absolute Gasteiger partial charge is 0.349 e. The lowest BCUT2D eigenvalue weighted by atomic mass is 9.95. The van der Waals surface area contributed by atoms with E-state index in [1.54, 1.807) is 6.33 Å². The average Bonchev–Trinajstić information content (AvgIpc) is 3.03. The Balaban J connectivity index is 0.00000180. The Morgan fingerprint density at radius 2 is 2.25 bits per heavy atom. The van der Waals surface area contributed by atoms with Gasteiger partial charge in [-0.25, -0.2) is 0 Å². The number of halogens is 2. The minimum Gasteiger partial charge on any atom is -0.349 e. The van der Waals surface area contributed by atoms with Gasteiger partial charge >= 0.3 is 0 Å². The number of nitrogens with zero attached hydrogens (tertiary/aromatic N) is 3. The molecule has 0 spiro atoms.